The Balaban J connectivity index is 2.26. The Bertz CT molecular complexity index is 619. The molecule has 0 saturated carbocycles. The third-order valence-electron chi connectivity index (χ3n) is 2.93. The number of carboxylic acid groups (broad SMARTS) is 1. The number of nitrogens with zero attached hydrogens (tertiary/aromatic N) is 1. The zero-order valence-electron chi connectivity index (χ0n) is 11.1. The first kappa shape index (κ1) is 13.5. The maximum absolute atomic E-state index is 11.0. The van der Waals surface area contributed by atoms with Crippen LogP contribution in [0.3, 0.4) is 0 Å². The van der Waals surface area contributed by atoms with Crippen LogP contribution in [0.25, 0.3) is 0 Å². The van der Waals surface area contributed by atoms with Gasteiger partial charge in [0, 0.05) is 6.42 Å². The van der Waals surface area contributed by atoms with Crippen molar-refractivity contribution in [1.82, 2.24) is 4.98 Å². The van der Waals surface area contributed by atoms with Crippen molar-refractivity contribution in [2.75, 3.05) is 7.11 Å². The van der Waals surface area contributed by atoms with Crippen LogP contribution in [0.5, 0.6) is 5.75 Å². The van der Waals surface area contributed by atoms with Crippen molar-refractivity contribution in [3.05, 3.63) is 44.9 Å². The van der Waals surface area contributed by atoms with Gasteiger partial charge in [0.15, 0.2) is 0 Å². The minimum absolute atomic E-state index is 0.321. The lowest BCUT2D eigenvalue weighted by molar-refractivity contribution is 0.0701. The van der Waals surface area contributed by atoms with Crippen LogP contribution in [-0.4, -0.2) is 23.2 Å². The second-order valence-electron chi connectivity index (χ2n) is 4.30. The van der Waals surface area contributed by atoms with Crippen LogP contribution in [0.1, 0.15) is 31.5 Å². The molecule has 1 aromatic heterocycles. The molecule has 2 rings (SSSR count). The van der Waals surface area contributed by atoms with E-state index in [-0.39, 0.29) is 0 Å². The largest absolute Gasteiger partial charge is 0.497 e. The molecule has 0 aliphatic carbocycles. The molecule has 19 heavy (non-hydrogen) atoms. The van der Waals surface area contributed by atoms with Crippen LogP contribution in [0.15, 0.2) is 18.2 Å². The average molecular weight is 277 g/mol. The number of aromatic carboxylic acids is 1. The molecule has 0 amide bonds. The number of aryl methyl sites for hydroxylation is 2. The number of hydrogen-bond acceptors (Lipinski definition) is 4. The predicted octanol–water partition coefficient (Wildman–Crippen LogP) is 3.06. The Morgan fingerprint density at radius 2 is 2.16 bits per heavy atom. The molecule has 0 fully saturated rings. The number of methoxy groups -OCH3 is 1. The standard InChI is InChI=1S/C14H15NO3S/c1-8-6-11(18-3)5-4-10(8)7-12-15-9(2)13(19-12)14(16)17/h4-6H,7H2,1-3H3,(H,16,17). The maximum Gasteiger partial charge on any atom is 0.347 e. The van der Waals surface area contributed by atoms with Crippen molar-refractivity contribution < 1.29 is 14.6 Å². The third-order valence-corrected chi connectivity index (χ3v) is 4.07. The second-order valence-corrected chi connectivity index (χ2v) is 5.38. The van der Waals surface area contributed by atoms with Crippen LogP contribution in [0.2, 0.25) is 0 Å². The van der Waals surface area contributed by atoms with Gasteiger partial charge in [-0.15, -0.1) is 11.3 Å². The molecular formula is C14H15NO3S. The Morgan fingerprint density at radius 3 is 2.68 bits per heavy atom. The van der Waals surface area contributed by atoms with Gasteiger partial charge < -0.3 is 9.84 Å². The first-order valence-corrected chi connectivity index (χ1v) is 6.66. The molecule has 0 spiro atoms. The fourth-order valence-electron chi connectivity index (χ4n) is 1.88. The average Bonchev–Trinajstić information content (AvgIpc) is 2.73. The lowest BCUT2D eigenvalue weighted by Gasteiger charge is -2.06. The number of hydrogen-bond donors (Lipinski definition) is 1. The molecule has 2 aromatic rings. The lowest BCUT2D eigenvalue weighted by atomic mass is 10.1. The Hall–Kier alpha value is -1.88. The molecule has 0 unspecified atom stereocenters. The molecule has 0 radical (unpaired) electrons. The summed E-state index contributed by atoms with van der Waals surface area (Å²) < 4.78 is 5.16. The number of thiazole rings is 1. The first-order chi connectivity index (χ1) is 9.01. The lowest BCUT2D eigenvalue weighted by Crippen LogP contribution is -1.94. The van der Waals surface area contributed by atoms with Gasteiger partial charge in [0.1, 0.15) is 10.6 Å². The summed E-state index contributed by atoms with van der Waals surface area (Å²) in [7, 11) is 1.64. The van der Waals surface area contributed by atoms with Crippen LogP contribution < -0.4 is 4.74 Å². The van der Waals surface area contributed by atoms with E-state index in [1.165, 1.54) is 11.3 Å². The highest BCUT2D eigenvalue weighted by Gasteiger charge is 2.14. The summed E-state index contributed by atoms with van der Waals surface area (Å²) in [5, 5.41) is 9.84. The summed E-state index contributed by atoms with van der Waals surface area (Å²) >= 11 is 1.24. The van der Waals surface area contributed by atoms with Crippen LogP contribution >= 0.6 is 11.3 Å². The number of carbonyl (C=O) groups is 1. The molecule has 0 aliphatic heterocycles. The number of rotatable bonds is 4. The first-order valence-electron chi connectivity index (χ1n) is 5.84. The van der Waals surface area contributed by atoms with Crippen molar-refractivity contribution in [1.29, 1.82) is 0 Å². The van der Waals surface area contributed by atoms with Gasteiger partial charge in [-0.25, -0.2) is 9.78 Å². The second kappa shape index (κ2) is 5.40. The van der Waals surface area contributed by atoms with Gasteiger partial charge in [0.2, 0.25) is 0 Å². The topological polar surface area (TPSA) is 59.4 Å². The van der Waals surface area contributed by atoms with Crippen LogP contribution in [-0.2, 0) is 6.42 Å². The van der Waals surface area contributed by atoms with E-state index >= 15 is 0 Å². The number of carboxylic acids is 1. The molecule has 0 aliphatic rings. The third kappa shape index (κ3) is 2.93. The van der Waals surface area contributed by atoms with Crippen molar-refractivity contribution >= 4 is 17.3 Å². The van der Waals surface area contributed by atoms with E-state index in [9.17, 15) is 4.79 Å². The van der Waals surface area contributed by atoms with Gasteiger partial charge in [0.05, 0.1) is 17.8 Å². The number of aromatic nitrogens is 1. The predicted molar refractivity (Wildman–Crippen MR) is 74.3 cm³/mol. The van der Waals surface area contributed by atoms with E-state index in [4.69, 9.17) is 9.84 Å². The molecule has 1 aromatic carbocycles. The zero-order valence-corrected chi connectivity index (χ0v) is 11.9. The van der Waals surface area contributed by atoms with Gasteiger partial charge in [-0.2, -0.15) is 0 Å². The van der Waals surface area contributed by atoms with Gasteiger partial charge in [-0.05, 0) is 37.1 Å². The molecule has 5 heteroatoms. The summed E-state index contributed by atoms with van der Waals surface area (Å²) in [6, 6.07) is 5.86. The van der Waals surface area contributed by atoms with Gasteiger partial charge in [0.25, 0.3) is 0 Å². The number of ether oxygens (including phenoxy) is 1. The summed E-state index contributed by atoms with van der Waals surface area (Å²) in [5.74, 6) is -0.0875. The Morgan fingerprint density at radius 1 is 1.42 bits per heavy atom. The van der Waals surface area contributed by atoms with Crippen molar-refractivity contribution in [2.24, 2.45) is 0 Å². The molecule has 0 atom stereocenters. The summed E-state index contributed by atoms with van der Waals surface area (Å²) in [6.07, 6.45) is 0.647. The quantitative estimate of drug-likeness (QED) is 0.933. The maximum atomic E-state index is 11.0. The van der Waals surface area contributed by atoms with Crippen molar-refractivity contribution in [2.45, 2.75) is 20.3 Å². The van der Waals surface area contributed by atoms with Gasteiger partial charge in [-0.1, -0.05) is 6.07 Å². The van der Waals surface area contributed by atoms with Crippen LogP contribution in [0.4, 0.5) is 0 Å². The van der Waals surface area contributed by atoms with E-state index in [0.29, 0.717) is 17.0 Å². The fourth-order valence-corrected chi connectivity index (χ4v) is 2.81. The molecular weight excluding hydrogens is 262 g/mol. The molecule has 0 saturated heterocycles. The molecule has 1 N–H and O–H groups in total. The smallest absolute Gasteiger partial charge is 0.347 e. The monoisotopic (exact) mass is 277 g/mol. The zero-order chi connectivity index (χ0) is 14.0. The molecule has 0 bridgehead atoms. The van der Waals surface area contributed by atoms with Gasteiger partial charge >= 0.3 is 5.97 Å². The van der Waals surface area contributed by atoms with E-state index in [1.54, 1.807) is 14.0 Å². The normalized spacial score (nSPS) is 10.5. The summed E-state index contributed by atoms with van der Waals surface area (Å²) in [6.45, 7) is 3.74. The molecule has 4 nitrogen and oxygen atoms in total. The summed E-state index contributed by atoms with van der Waals surface area (Å²) in [5.41, 5.74) is 2.83. The van der Waals surface area contributed by atoms with Crippen LogP contribution in [0, 0.1) is 13.8 Å². The van der Waals surface area contributed by atoms with Gasteiger partial charge in [-0.3, -0.25) is 0 Å². The molecule has 1 heterocycles. The highest BCUT2D eigenvalue weighted by molar-refractivity contribution is 7.13. The number of benzene rings is 1. The highest BCUT2D eigenvalue weighted by Crippen LogP contribution is 2.24. The highest BCUT2D eigenvalue weighted by atomic mass is 32.1. The molecule has 100 valence electrons. The fraction of sp³-hybridized carbons (Fsp3) is 0.286. The van der Waals surface area contributed by atoms with E-state index in [1.807, 2.05) is 25.1 Å². The van der Waals surface area contributed by atoms with E-state index < -0.39 is 5.97 Å². The Labute approximate surface area is 115 Å². The van der Waals surface area contributed by atoms with E-state index in [2.05, 4.69) is 4.98 Å². The Kier molecular flexibility index (Phi) is 3.85. The van der Waals surface area contributed by atoms with Crippen molar-refractivity contribution in [3.8, 4) is 5.75 Å². The minimum atomic E-state index is -0.910. The van der Waals surface area contributed by atoms with Crippen molar-refractivity contribution in [3.63, 3.8) is 0 Å². The minimum Gasteiger partial charge on any atom is -0.497 e. The van der Waals surface area contributed by atoms with E-state index in [0.717, 1.165) is 21.9 Å². The SMILES string of the molecule is COc1ccc(Cc2nc(C)c(C(=O)O)s2)c(C)c1. The summed E-state index contributed by atoms with van der Waals surface area (Å²) in [4.78, 5) is 15.6.